The van der Waals surface area contributed by atoms with E-state index >= 15 is 0 Å². The fourth-order valence-corrected chi connectivity index (χ4v) is 3.15. The van der Waals surface area contributed by atoms with Gasteiger partial charge in [-0.2, -0.15) is 0 Å². The second-order valence-electron chi connectivity index (χ2n) is 6.02. The van der Waals surface area contributed by atoms with Crippen LogP contribution in [0, 0.1) is 5.92 Å². The van der Waals surface area contributed by atoms with Crippen molar-refractivity contribution < 1.29 is 14.7 Å². The molecule has 0 saturated heterocycles. The van der Waals surface area contributed by atoms with Crippen molar-refractivity contribution in [1.29, 1.82) is 0 Å². The number of carbonyl (C=O) groups excluding carboxylic acids is 2. The second-order valence-corrected chi connectivity index (χ2v) is 6.88. The Balaban J connectivity index is 1.55. The molecule has 1 aromatic carbocycles. The molecule has 7 heteroatoms. The SMILES string of the molecule is C[C@@H](NC(=O)Cc1csc(NC(=O)c2cccc(O)c2)n1)C1CC1. The highest BCUT2D eigenvalue weighted by Crippen LogP contribution is 2.32. The average Bonchev–Trinajstić information content (AvgIpc) is 3.30. The molecule has 0 bridgehead atoms. The number of anilines is 1. The number of rotatable bonds is 6. The van der Waals surface area contributed by atoms with E-state index in [0.29, 0.717) is 22.3 Å². The van der Waals surface area contributed by atoms with Crippen LogP contribution in [0.1, 0.15) is 35.8 Å². The average molecular weight is 345 g/mol. The third-order valence-electron chi connectivity index (χ3n) is 3.94. The van der Waals surface area contributed by atoms with Crippen LogP contribution in [0.4, 0.5) is 5.13 Å². The predicted molar refractivity (Wildman–Crippen MR) is 92.2 cm³/mol. The summed E-state index contributed by atoms with van der Waals surface area (Å²) in [5, 5.41) is 17.3. The van der Waals surface area contributed by atoms with E-state index in [0.717, 1.165) is 0 Å². The van der Waals surface area contributed by atoms with E-state index < -0.39 is 0 Å². The van der Waals surface area contributed by atoms with Gasteiger partial charge in [-0.15, -0.1) is 11.3 Å². The highest BCUT2D eigenvalue weighted by Gasteiger charge is 2.28. The van der Waals surface area contributed by atoms with Gasteiger partial charge in [-0.3, -0.25) is 14.9 Å². The minimum Gasteiger partial charge on any atom is -0.508 e. The molecule has 1 saturated carbocycles. The maximum atomic E-state index is 12.1. The molecule has 1 heterocycles. The zero-order valence-electron chi connectivity index (χ0n) is 13.3. The van der Waals surface area contributed by atoms with Gasteiger partial charge in [0.2, 0.25) is 5.91 Å². The Hall–Kier alpha value is -2.41. The van der Waals surface area contributed by atoms with Gasteiger partial charge in [0.15, 0.2) is 5.13 Å². The molecule has 1 atom stereocenters. The number of hydrogen-bond donors (Lipinski definition) is 3. The van der Waals surface area contributed by atoms with Gasteiger partial charge in [0.05, 0.1) is 12.1 Å². The van der Waals surface area contributed by atoms with Crippen LogP contribution in [0.3, 0.4) is 0 Å². The van der Waals surface area contributed by atoms with Crippen molar-refractivity contribution >= 4 is 28.3 Å². The summed E-state index contributed by atoms with van der Waals surface area (Å²) in [5.41, 5.74) is 0.981. The summed E-state index contributed by atoms with van der Waals surface area (Å²) < 4.78 is 0. The normalized spacial score (nSPS) is 14.9. The number of carbonyl (C=O) groups is 2. The second kappa shape index (κ2) is 7.00. The molecule has 0 radical (unpaired) electrons. The number of nitrogens with zero attached hydrogens (tertiary/aromatic N) is 1. The van der Waals surface area contributed by atoms with Crippen molar-refractivity contribution in [1.82, 2.24) is 10.3 Å². The van der Waals surface area contributed by atoms with E-state index in [-0.39, 0.29) is 30.0 Å². The zero-order chi connectivity index (χ0) is 17.1. The Bertz CT molecular complexity index is 755. The molecule has 6 nitrogen and oxygen atoms in total. The topological polar surface area (TPSA) is 91.3 Å². The first-order valence-electron chi connectivity index (χ1n) is 7.85. The van der Waals surface area contributed by atoms with E-state index in [2.05, 4.69) is 15.6 Å². The Morgan fingerprint density at radius 3 is 2.92 bits per heavy atom. The maximum Gasteiger partial charge on any atom is 0.257 e. The van der Waals surface area contributed by atoms with Crippen molar-refractivity contribution in [2.75, 3.05) is 5.32 Å². The number of phenols is 1. The van der Waals surface area contributed by atoms with Gasteiger partial charge in [0, 0.05) is 17.0 Å². The summed E-state index contributed by atoms with van der Waals surface area (Å²) >= 11 is 1.27. The molecule has 0 unspecified atom stereocenters. The van der Waals surface area contributed by atoms with E-state index in [9.17, 15) is 14.7 Å². The van der Waals surface area contributed by atoms with E-state index in [1.165, 1.54) is 36.3 Å². The summed E-state index contributed by atoms with van der Waals surface area (Å²) in [4.78, 5) is 28.3. The molecule has 2 amide bonds. The first-order chi connectivity index (χ1) is 11.5. The molecule has 0 aliphatic heterocycles. The Morgan fingerprint density at radius 1 is 1.42 bits per heavy atom. The van der Waals surface area contributed by atoms with Gasteiger partial charge in [-0.1, -0.05) is 6.07 Å². The number of nitrogens with one attached hydrogen (secondary N) is 2. The van der Waals surface area contributed by atoms with Crippen LogP contribution < -0.4 is 10.6 Å². The summed E-state index contributed by atoms with van der Waals surface area (Å²) in [5.74, 6) is 0.245. The quantitative estimate of drug-likeness (QED) is 0.750. The Labute approximate surface area is 143 Å². The molecule has 0 spiro atoms. The summed E-state index contributed by atoms with van der Waals surface area (Å²) in [6, 6.07) is 6.30. The van der Waals surface area contributed by atoms with Crippen molar-refractivity contribution in [2.45, 2.75) is 32.2 Å². The number of aromatic nitrogens is 1. The number of amides is 2. The summed E-state index contributed by atoms with van der Waals surface area (Å²) in [6.45, 7) is 2.03. The van der Waals surface area contributed by atoms with Gasteiger partial charge in [-0.05, 0) is 43.9 Å². The monoisotopic (exact) mass is 345 g/mol. The van der Waals surface area contributed by atoms with Crippen molar-refractivity contribution in [3.05, 3.63) is 40.9 Å². The lowest BCUT2D eigenvalue weighted by Crippen LogP contribution is -2.35. The number of aromatic hydroxyl groups is 1. The van der Waals surface area contributed by atoms with Gasteiger partial charge < -0.3 is 10.4 Å². The minimum absolute atomic E-state index is 0.0314. The highest BCUT2D eigenvalue weighted by atomic mass is 32.1. The van der Waals surface area contributed by atoms with Crippen LogP contribution >= 0.6 is 11.3 Å². The Morgan fingerprint density at radius 2 is 2.21 bits per heavy atom. The maximum absolute atomic E-state index is 12.1. The zero-order valence-corrected chi connectivity index (χ0v) is 14.1. The van der Waals surface area contributed by atoms with Gasteiger partial charge >= 0.3 is 0 Å². The number of benzene rings is 1. The Kier molecular flexibility index (Phi) is 4.80. The van der Waals surface area contributed by atoms with E-state index in [1.807, 2.05) is 6.92 Å². The van der Waals surface area contributed by atoms with Crippen molar-refractivity contribution in [3.63, 3.8) is 0 Å². The largest absolute Gasteiger partial charge is 0.508 e. The van der Waals surface area contributed by atoms with Crippen LogP contribution in [0.25, 0.3) is 0 Å². The van der Waals surface area contributed by atoms with E-state index in [1.54, 1.807) is 17.5 Å². The van der Waals surface area contributed by atoms with Crippen molar-refractivity contribution in [2.24, 2.45) is 5.92 Å². The molecule has 1 aliphatic rings. The number of thiazole rings is 1. The lowest BCUT2D eigenvalue weighted by atomic mass is 10.2. The fourth-order valence-electron chi connectivity index (χ4n) is 2.45. The van der Waals surface area contributed by atoms with Gasteiger partial charge in [0.1, 0.15) is 5.75 Å². The van der Waals surface area contributed by atoms with Gasteiger partial charge in [-0.25, -0.2) is 4.98 Å². The molecule has 126 valence electrons. The smallest absolute Gasteiger partial charge is 0.257 e. The highest BCUT2D eigenvalue weighted by molar-refractivity contribution is 7.14. The summed E-state index contributed by atoms with van der Waals surface area (Å²) in [6.07, 6.45) is 2.57. The summed E-state index contributed by atoms with van der Waals surface area (Å²) in [7, 11) is 0. The van der Waals surface area contributed by atoms with E-state index in [4.69, 9.17) is 0 Å². The van der Waals surface area contributed by atoms with Crippen LogP contribution in [-0.4, -0.2) is 27.9 Å². The molecule has 3 rings (SSSR count). The first kappa shape index (κ1) is 16.4. The molecule has 1 aliphatic carbocycles. The third-order valence-corrected chi connectivity index (χ3v) is 4.75. The molecular formula is C17H19N3O3S. The lowest BCUT2D eigenvalue weighted by Gasteiger charge is -2.11. The first-order valence-corrected chi connectivity index (χ1v) is 8.73. The molecule has 24 heavy (non-hydrogen) atoms. The van der Waals surface area contributed by atoms with Crippen LogP contribution in [-0.2, 0) is 11.2 Å². The molecule has 1 aromatic heterocycles. The third kappa shape index (κ3) is 4.32. The van der Waals surface area contributed by atoms with Gasteiger partial charge in [0.25, 0.3) is 5.91 Å². The standard InChI is InChI=1S/C17H19N3O3S/c1-10(11-5-6-11)18-15(22)8-13-9-24-17(19-13)20-16(23)12-3-2-4-14(21)7-12/h2-4,7,9-11,21H,5-6,8H2,1H3,(H,18,22)(H,19,20,23)/t10-/m1/s1. The molecule has 2 aromatic rings. The molecular weight excluding hydrogens is 326 g/mol. The minimum atomic E-state index is -0.349. The number of phenolic OH excluding ortho intramolecular Hbond substituents is 1. The molecule has 1 fully saturated rings. The van der Waals surface area contributed by atoms with Crippen LogP contribution in [0.15, 0.2) is 29.6 Å². The predicted octanol–water partition coefficient (Wildman–Crippen LogP) is 2.56. The number of hydrogen-bond acceptors (Lipinski definition) is 5. The lowest BCUT2D eigenvalue weighted by molar-refractivity contribution is -0.121. The molecule has 3 N–H and O–H groups in total. The van der Waals surface area contributed by atoms with Crippen LogP contribution in [0.2, 0.25) is 0 Å². The van der Waals surface area contributed by atoms with Crippen molar-refractivity contribution in [3.8, 4) is 5.75 Å². The van der Waals surface area contributed by atoms with Crippen LogP contribution in [0.5, 0.6) is 5.75 Å². The fraction of sp³-hybridized carbons (Fsp3) is 0.353.